The highest BCUT2D eigenvalue weighted by Gasteiger charge is 2.11. The van der Waals surface area contributed by atoms with Crippen molar-refractivity contribution in [2.24, 2.45) is 0 Å². The molecule has 2 amide bonds. The Labute approximate surface area is 105 Å². The van der Waals surface area contributed by atoms with Crippen LogP contribution in [0.4, 0.5) is 0 Å². The van der Waals surface area contributed by atoms with Gasteiger partial charge in [-0.15, -0.1) is 11.3 Å². The van der Waals surface area contributed by atoms with Crippen LogP contribution in [-0.2, 0) is 4.79 Å². The summed E-state index contributed by atoms with van der Waals surface area (Å²) in [5, 5.41) is 4.36. The molecule has 6 heteroatoms. The second-order valence-electron chi connectivity index (χ2n) is 3.45. The molecule has 1 rings (SSSR count). The standard InChI is InChI=1S/C11H17N3O2S/c1-3-14(4-2)10(15)5-6-12-11(16)9-7-17-8-13-9/h7-8H,3-6H2,1-2H3,(H,12,16). The van der Waals surface area contributed by atoms with Crippen molar-refractivity contribution in [3.05, 3.63) is 16.6 Å². The van der Waals surface area contributed by atoms with Crippen LogP contribution in [0.3, 0.4) is 0 Å². The fraction of sp³-hybridized carbons (Fsp3) is 0.545. The fourth-order valence-corrected chi connectivity index (χ4v) is 1.96. The molecule has 5 nitrogen and oxygen atoms in total. The van der Waals surface area contributed by atoms with Crippen LogP contribution < -0.4 is 5.32 Å². The Bertz CT molecular complexity index is 361. The van der Waals surface area contributed by atoms with Crippen LogP contribution in [0, 0.1) is 0 Å². The van der Waals surface area contributed by atoms with E-state index in [4.69, 9.17) is 0 Å². The van der Waals surface area contributed by atoms with Gasteiger partial charge >= 0.3 is 0 Å². The second kappa shape index (κ2) is 7.01. The smallest absolute Gasteiger partial charge is 0.270 e. The normalized spacial score (nSPS) is 10.0. The molecule has 0 saturated carbocycles. The summed E-state index contributed by atoms with van der Waals surface area (Å²) in [7, 11) is 0. The fourth-order valence-electron chi connectivity index (χ4n) is 1.43. The van der Waals surface area contributed by atoms with E-state index in [-0.39, 0.29) is 11.8 Å². The first-order valence-corrected chi connectivity index (χ1v) is 6.57. The van der Waals surface area contributed by atoms with Gasteiger partial charge in [0.15, 0.2) is 0 Å². The predicted molar refractivity (Wildman–Crippen MR) is 67.0 cm³/mol. The number of carbonyl (C=O) groups excluding carboxylic acids is 2. The molecule has 0 saturated heterocycles. The highest BCUT2D eigenvalue weighted by molar-refractivity contribution is 7.07. The highest BCUT2D eigenvalue weighted by atomic mass is 32.1. The van der Waals surface area contributed by atoms with Gasteiger partial charge < -0.3 is 10.2 Å². The molecule has 0 spiro atoms. The van der Waals surface area contributed by atoms with Crippen LogP contribution >= 0.6 is 11.3 Å². The summed E-state index contributed by atoms with van der Waals surface area (Å²) in [4.78, 5) is 28.8. The third kappa shape index (κ3) is 4.14. The van der Waals surface area contributed by atoms with Crippen molar-refractivity contribution in [1.29, 1.82) is 0 Å². The van der Waals surface area contributed by atoms with Crippen molar-refractivity contribution in [3.8, 4) is 0 Å². The lowest BCUT2D eigenvalue weighted by Crippen LogP contribution is -2.34. The molecule has 94 valence electrons. The van der Waals surface area contributed by atoms with Gasteiger partial charge in [-0.1, -0.05) is 0 Å². The maximum absolute atomic E-state index is 11.6. The van der Waals surface area contributed by atoms with Gasteiger partial charge in [0.2, 0.25) is 5.91 Å². The summed E-state index contributed by atoms with van der Waals surface area (Å²) in [6.07, 6.45) is 0.331. The predicted octanol–water partition coefficient (Wildman–Crippen LogP) is 1.13. The zero-order valence-corrected chi connectivity index (χ0v) is 10.9. The van der Waals surface area contributed by atoms with Crippen molar-refractivity contribution in [2.45, 2.75) is 20.3 Å². The van der Waals surface area contributed by atoms with E-state index in [2.05, 4.69) is 10.3 Å². The van der Waals surface area contributed by atoms with Crippen molar-refractivity contribution >= 4 is 23.2 Å². The average Bonchev–Trinajstić information content (AvgIpc) is 2.84. The van der Waals surface area contributed by atoms with Gasteiger partial charge in [0.05, 0.1) is 5.51 Å². The summed E-state index contributed by atoms with van der Waals surface area (Å²) < 4.78 is 0. The highest BCUT2D eigenvalue weighted by Crippen LogP contribution is 2.00. The summed E-state index contributed by atoms with van der Waals surface area (Å²) in [6, 6.07) is 0. The maximum atomic E-state index is 11.6. The van der Waals surface area contributed by atoms with E-state index in [1.54, 1.807) is 15.8 Å². The molecule has 0 aliphatic rings. The molecule has 1 aromatic heterocycles. The van der Waals surface area contributed by atoms with Crippen LogP contribution in [0.5, 0.6) is 0 Å². The zero-order valence-electron chi connectivity index (χ0n) is 10.1. The summed E-state index contributed by atoms with van der Waals surface area (Å²) in [5.74, 6) is -0.160. The lowest BCUT2D eigenvalue weighted by molar-refractivity contribution is -0.130. The number of aromatic nitrogens is 1. The Balaban J connectivity index is 2.28. The minimum absolute atomic E-state index is 0.0635. The number of carbonyl (C=O) groups is 2. The quantitative estimate of drug-likeness (QED) is 0.829. The molecule has 0 aliphatic heterocycles. The van der Waals surface area contributed by atoms with Crippen LogP contribution in [0.25, 0.3) is 0 Å². The maximum Gasteiger partial charge on any atom is 0.270 e. The molecule has 1 N–H and O–H groups in total. The number of thiazole rings is 1. The van der Waals surface area contributed by atoms with E-state index in [9.17, 15) is 9.59 Å². The molecular formula is C11H17N3O2S. The van der Waals surface area contributed by atoms with Gasteiger partial charge in [-0.25, -0.2) is 4.98 Å². The second-order valence-corrected chi connectivity index (χ2v) is 4.16. The molecule has 0 radical (unpaired) electrons. The van der Waals surface area contributed by atoms with Crippen LogP contribution in [0.1, 0.15) is 30.8 Å². The number of hydrogen-bond donors (Lipinski definition) is 1. The van der Waals surface area contributed by atoms with Crippen LogP contribution in [0.2, 0.25) is 0 Å². The van der Waals surface area contributed by atoms with E-state index < -0.39 is 0 Å². The Morgan fingerprint density at radius 2 is 2.12 bits per heavy atom. The van der Waals surface area contributed by atoms with Crippen molar-refractivity contribution in [1.82, 2.24) is 15.2 Å². The lowest BCUT2D eigenvalue weighted by atomic mass is 10.3. The third-order valence-electron chi connectivity index (χ3n) is 2.41. The molecule has 0 unspecified atom stereocenters. The first-order valence-electron chi connectivity index (χ1n) is 5.63. The van der Waals surface area contributed by atoms with Crippen molar-refractivity contribution in [2.75, 3.05) is 19.6 Å². The first kappa shape index (κ1) is 13.6. The summed E-state index contributed by atoms with van der Waals surface area (Å²) in [6.45, 7) is 5.64. The van der Waals surface area contributed by atoms with E-state index >= 15 is 0 Å². The average molecular weight is 255 g/mol. The summed E-state index contributed by atoms with van der Waals surface area (Å²) in [5.41, 5.74) is 2.01. The van der Waals surface area contributed by atoms with Gasteiger partial charge in [-0.2, -0.15) is 0 Å². The van der Waals surface area contributed by atoms with Gasteiger partial charge in [-0.3, -0.25) is 9.59 Å². The molecule has 1 aromatic rings. The number of nitrogens with one attached hydrogen (secondary N) is 1. The Kier molecular flexibility index (Phi) is 5.62. The van der Waals surface area contributed by atoms with Crippen LogP contribution in [-0.4, -0.2) is 41.3 Å². The number of nitrogens with zero attached hydrogens (tertiary/aromatic N) is 2. The molecular weight excluding hydrogens is 238 g/mol. The van der Waals surface area contributed by atoms with Gasteiger partial charge in [-0.05, 0) is 13.8 Å². The molecule has 17 heavy (non-hydrogen) atoms. The SMILES string of the molecule is CCN(CC)C(=O)CCNC(=O)c1cscn1. The zero-order chi connectivity index (χ0) is 12.7. The van der Waals surface area contributed by atoms with Gasteiger partial charge in [0.25, 0.3) is 5.91 Å². The summed E-state index contributed by atoms with van der Waals surface area (Å²) >= 11 is 1.37. The van der Waals surface area contributed by atoms with Crippen molar-refractivity contribution < 1.29 is 9.59 Å². The van der Waals surface area contributed by atoms with Crippen molar-refractivity contribution in [3.63, 3.8) is 0 Å². The first-order chi connectivity index (χ1) is 8.19. The van der Waals surface area contributed by atoms with E-state index in [0.29, 0.717) is 31.7 Å². The molecule has 0 aromatic carbocycles. The molecule has 1 heterocycles. The molecule has 0 bridgehead atoms. The lowest BCUT2D eigenvalue weighted by Gasteiger charge is -2.18. The number of amides is 2. The molecule has 0 aliphatic carbocycles. The molecule has 0 fully saturated rings. The Morgan fingerprint density at radius 3 is 2.65 bits per heavy atom. The largest absolute Gasteiger partial charge is 0.350 e. The minimum atomic E-state index is -0.224. The van der Waals surface area contributed by atoms with Gasteiger partial charge in [0, 0.05) is 31.4 Å². The van der Waals surface area contributed by atoms with E-state index in [1.807, 2.05) is 13.8 Å². The molecule has 0 atom stereocenters. The third-order valence-corrected chi connectivity index (χ3v) is 2.99. The van der Waals surface area contributed by atoms with E-state index in [1.165, 1.54) is 11.3 Å². The van der Waals surface area contributed by atoms with E-state index in [0.717, 1.165) is 0 Å². The monoisotopic (exact) mass is 255 g/mol. The minimum Gasteiger partial charge on any atom is -0.350 e. The van der Waals surface area contributed by atoms with Gasteiger partial charge in [0.1, 0.15) is 5.69 Å². The van der Waals surface area contributed by atoms with Crippen LogP contribution in [0.15, 0.2) is 10.9 Å². The Morgan fingerprint density at radius 1 is 1.41 bits per heavy atom. The number of hydrogen-bond acceptors (Lipinski definition) is 4. The Hall–Kier alpha value is -1.43. The number of rotatable bonds is 6. The topological polar surface area (TPSA) is 62.3 Å².